The summed E-state index contributed by atoms with van der Waals surface area (Å²) in [7, 11) is 3.08. The molecule has 0 atom stereocenters. The largest absolute Gasteiger partial charge is 0.493 e. The number of nitrogens with zero attached hydrogens (tertiary/aromatic N) is 2. The second-order valence-corrected chi connectivity index (χ2v) is 10.3. The average Bonchev–Trinajstić information content (AvgIpc) is 3.44. The third kappa shape index (κ3) is 4.10. The van der Waals surface area contributed by atoms with Gasteiger partial charge < -0.3 is 9.47 Å². The van der Waals surface area contributed by atoms with Gasteiger partial charge in [0.15, 0.2) is 22.4 Å². The Balaban J connectivity index is 1.54. The van der Waals surface area contributed by atoms with Gasteiger partial charge in [0, 0.05) is 15.5 Å². The number of benzene rings is 2. The van der Waals surface area contributed by atoms with Crippen molar-refractivity contribution in [3.8, 4) is 17.2 Å². The smallest absolute Gasteiger partial charge is 0.267 e. The summed E-state index contributed by atoms with van der Waals surface area (Å²) in [5, 5.41) is 1.76. The zero-order valence-corrected chi connectivity index (χ0v) is 21.0. The summed E-state index contributed by atoms with van der Waals surface area (Å²) in [6.07, 6.45) is 2.95. The molecule has 0 N–H and O–H groups in total. The number of aromatic nitrogens is 2. The highest BCUT2D eigenvalue weighted by molar-refractivity contribution is 7.99. The molecule has 6 nitrogen and oxygen atoms in total. The molecule has 0 fully saturated rings. The van der Waals surface area contributed by atoms with E-state index in [2.05, 4.69) is 0 Å². The first kappa shape index (κ1) is 23.0. The van der Waals surface area contributed by atoms with Crippen molar-refractivity contribution >= 4 is 50.7 Å². The third-order valence-corrected chi connectivity index (χ3v) is 8.21. The van der Waals surface area contributed by atoms with Crippen LogP contribution >= 0.6 is 34.7 Å². The highest BCUT2D eigenvalue weighted by Crippen LogP contribution is 2.36. The number of ketones is 1. The molecule has 9 heteroatoms. The van der Waals surface area contributed by atoms with Gasteiger partial charge in [-0.2, -0.15) is 0 Å². The Bertz CT molecular complexity index is 1460. The summed E-state index contributed by atoms with van der Waals surface area (Å²) in [4.78, 5) is 33.5. The summed E-state index contributed by atoms with van der Waals surface area (Å²) in [5.74, 6) is 1.06. The van der Waals surface area contributed by atoms with Gasteiger partial charge in [0.05, 0.1) is 31.0 Å². The fourth-order valence-corrected chi connectivity index (χ4v) is 6.50. The molecule has 0 saturated carbocycles. The molecule has 5 rings (SSSR count). The maximum Gasteiger partial charge on any atom is 0.267 e. The van der Waals surface area contributed by atoms with E-state index in [9.17, 15) is 9.59 Å². The van der Waals surface area contributed by atoms with Crippen LogP contribution in [0.2, 0.25) is 5.02 Å². The van der Waals surface area contributed by atoms with Crippen LogP contribution in [0.4, 0.5) is 0 Å². The predicted molar refractivity (Wildman–Crippen MR) is 137 cm³/mol. The number of halogens is 1. The number of ether oxygens (including phenoxy) is 2. The zero-order valence-electron chi connectivity index (χ0n) is 18.6. The molecule has 0 bridgehead atoms. The van der Waals surface area contributed by atoms with Crippen LogP contribution < -0.4 is 15.0 Å². The highest BCUT2D eigenvalue weighted by Gasteiger charge is 2.24. The van der Waals surface area contributed by atoms with Crippen molar-refractivity contribution in [2.45, 2.75) is 24.4 Å². The summed E-state index contributed by atoms with van der Waals surface area (Å²) < 4.78 is 12.2. The molecule has 1 aliphatic carbocycles. The number of rotatable bonds is 7. The van der Waals surface area contributed by atoms with Crippen LogP contribution in [0.1, 0.15) is 27.2 Å². The van der Waals surface area contributed by atoms with Gasteiger partial charge in [-0.3, -0.25) is 14.2 Å². The second kappa shape index (κ2) is 9.44. The fraction of sp³-hybridized carbons (Fsp3) is 0.240. The van der Waals surface area contributed by atoms with E-state index < -0.39 is 0 Å². The predicted octanol–water partition coefficient (Wildman–Crippen LogP) is 5.58. The number of hydrogen-bond acceptors (Lipinski definition) is 7. The zero-order chi connectivity index (χ0) is 23.8. The van der Waals surface area contributed by atoms with Gasteiger partial charge in [0.1, 0.15) is 4.83 Å². The monoisotopic (exact) mass is 512 g/mol. The van der Waals surface area contributed by atoms with Crippen molar-refractivity contribution in [2.24, 2.45) is 0 Å². The molecule has 4 aromatic rings. The van der Waals surface area contributed by atoms with Gasteiger partial charge in [0.25, 0.3) is 5.56 Å². The molecule has 0 amide bonds. The van der Waals surface area contributed by atoms with E-state index in [0.717, 1.165) is 29.7 Å². The molecule has 0 saturated heterocycles. The lowest BCUT2D eigenvalue weighted by Gasteiger charge is -2.13. The number of fused-ring (bicyclic) bond motifs is 3. The summed E-state index contributed by atoms with van der Waals surface area (Å²) in [6, 6.07) is 12.2. The lowest BCUT2D eigenvalue weighted by atomic mass is 10.1. The average molecular weight is 513 g/mol. The minimum Gasteiger partial charge on any atom is -0.493 e. The van der Waals surface area contributed by atoms with Crippen LogP contribution in [0.15, 0.2) is 52.4 Å². The van der Waals surface area contributed by atoms with Gasteiger partial charge in [0.2, 0.25) is 0 Å². The number of thiophene rings is 1. The van der Waals surface area contributed by atoms with E-state index in [1.165, 1.54) is 23.7 Å². The molecule has 34 heavy (non-hydrogen) atoms. The quantitative estimate of drug-likeness (QED) is 0.183. The Morgan fingerprint density at radius 2 is 1.88 bits per heavy atom. The van der Waals surface area contributed by atoms with Crippen molar-refractivity contribution in [1.29, 1.82) is 0 Å². The van der Waals surface area contributed by atoms with Gasteiger partial charge in [-0.1, -0.05) is 23.4 Å². The first-order valence-electron chi connectivity index (χ1n) is 10.7. The maximum atomic E-state index is 13.7. The van der Waals surface area contributed by atoms with Crippen molar-refractivity contribution < 1.29 is 14.3 Å². The second-order valence-electron chi connectivity index (χ2n) is 7.83. The molecule has 0 unspecified atom stereocenters. The number of thioether (sulfide) groups is 1. The first-order valence-corrected chi connectivity index (χ1v) is 12.9. The van der Waals surface area contributed by atoms with E-state index >= 15 is 0 Å². The molecule has 2 heterocycles. The van der Waals surface area contributed by atoms with Gasteiger partial charge in [-0.05, 0) is 67.3 Å². The first-order chi connectivity index (χ1) is 16.5. The third-order valence-electron chi connectivity index (χ3n) is 5.83. The standard InChI is InChI=1S/C25H21ClN2O4S2/c1-31-19-11-6-14(12-20(19)32-2)18(29)13-33-25-27-23-22(17-4-3-5-21(17)34-23)24(30)28(25)16-9-7-15(26)8-10-16/h6-12H,3-5,13H2,1-2H3. The maximum absolute atomic E-state index is 13.7. The topological polar surface area (TPSA) is 70.4 Å². The minimum atomic E-state index is -0.104. The number of carbonyl (C=O) groups excluding carboxylic acids is 1. The van der Waals surface area contributed by atoms with Crippen molar-refractivity contribution in [3.05, 3.63) is 73.8 Å². The summed E-state index contributed by atoms with van der Waals surface area (Å²) in [5.41, 5.74) is 2.19. The Kier molecular flexibility index (Phi) is 6.38. The van der Waals surface area contributed by atoms with E-state index in [-0.39, 0.29) is 17.1 Å². The van der Waals surface area contributed by atoms with E-state index in [0.29, 0.717) is 38.3 Å². The molecule has 2 aromatic heterocycles. The van der Waals surface area contributed by atoms with Gasteiger partial charge in [-0.15, -0.1) is 11.3 Å². The Morgan fingerprint density at radius 3 is 2.62 bits per heavy atom. The Hall–Kier alpha value is -2.81. The molecule has 174 valence electrons. The molecule has 0 aliphatic heterocycles. The highest BCUT2D eigenvalue weighted by atomic mass is 35.5. The molecule has 0 spiro atoms. The lowest BCUT2D eigenvalue weighted by Crippen LogP contribution is -2.22. The van der Waals surface area contributed by atoms with Crippen LogP contribution in [0.25, 0.3) is 15.9 Å². The van der Waals surface area contributed by atoms with Crippen LogP contribution in [-0.4, -0.2) is 35.3 Å². The molecular weight excluding hydrogens is 492 g/mol. The minimum absolute atomic E-state index is 0.100. The normalized spacial score (nSPS) is 12.7. The van der Waals surface area contributed by atoms with E-state index in [1.54, 1.807) is 65.5 Å². The fourth-order valence-electron chi connectivity index (χ4n) is 4.16. The molecule has 1 aliphatic rings. The molecule has 0 radical (unpaired) electrons. The SMILES string of the molecule is COc1ccc(C(=O)CSc2nc3sc4c(c3c(=O)n2-c2ccc(Cl)cc2)CCC4)cc1OC. The van der Waals surface area contributed by atoms with Crippen molar-refractivity contribution in [1.82, 2.24) is 9.55 Å². The number of carbonyl (C=O) groups is 1. The molecular formula is C25H21ClN2O4S2. The van der Waals surface area contributed by atoms with Crippen molar-refractivity contribution in [2.75, 3.05) is 20.0 Å². The molecule has 2 aromatic carbocycles. The lowest BCUT2D eigenvalue weighted by molar-refractivity contribution is 0.102. The number of Topliss-reactive ketones (excluding diaryl/α,β-unsaturated/α-hetero) is 1. The van der Waals surface area contributed by atoms with Crippen LogP contribution in [0, 0.1) is 0 Å². The van der Waals surface area contributed by atoms with Crippen LogP contribution in [-0.2, 0) is 12.8 Å². The number of hydrogen-bond donors (Lipinski definition) is 0. The Morgan fingerprint density at radius 1 is 1.12 bits per heavy atom. The summed E-state index contributed by atoms with van der Waals surface area (Å²) in [6.45, 7) is 0. The van der Waals surface area contributed by atoms with Gasteiger partial charge in [-0.25, -0.2) is 4.98 Å². The van der Waals surface area contributed by atoms with Gasteiger partial charge >= 0.3 is 0 Å². The Labute approximate surface area is 209 Å². The van der Waals surface area contributed by atoms with E-state index in [4.69, 9.17) is 26.1 Å². The van der Waals surface area contributed by atoms with Crippen LogP contribution in [0.5, 0.6) is 11.5 Å². The number of methoxy groups -OCH3 is 2. The van der Waals surface area contributed by atoms with Crippen LogP contribution in [0.3, 0.4) is 0 Å². The summed E-state index contributed by atoms with van der Waals surface area (Å²) >= 11 is 8.91. The van der Waals surface area contributed by atoms with E-state index in [1.807, 2.05) is 0 Å². The number of aryl methyl sites for hydroxylation is 2. The van der Waals surface area contributed by atoms with Crippen molar-refractivity contribution in [3.63, 3.8) is 0 Å².